The molecule has 1 N–H and O–H groups in total. The molecule has 0 atom stereocenters. The number of anilines is 1. The van der Waals surface area contributed by atoms with E-state index >= 15 is 0 Å². The summed E-state index contributed by atoms with van der Waals surface area (Å²) in [6, 6.07) is 29.2. The zero-order chi connectivity index (χ0) is 27.8. The van der Waals surface area contributed by atoms with Gasteiger partial charge in [0.05, 0.1) is 42.6 Å². The molecule has 8 nitrogen and oxygen atoms in total. The van der Waals surface area contributed by atoms with Crippen molar-refractivity contribution >= 4 is 27.3 Å². The first-order valence-electron chi connectivity index (χ1n) is 12.1. The summed E-state index contributed by atoms with van der Waals surface area (Å²) in [4.78, 5) is 13.5. The van der Waals surface area contributed by atoms with Gasteiger partial charge in [0.1, 0.15) is 0 Å². The van der Waals surface area contributed by atoms with E-state index in [0.29, 0.717) is 17.2 Å². The van der Waals surface area contributed by atoms with Crippen LogP contribution in [0.4, 0.5) is 5.69 Å². The number of hydrazone groups is 1. The van der Waals surface area contributed by atoms with Gasteiger partial charge >= 0.3 is 0 Å². The maximum absolute atomic E-state index is 13.8. The number of ether oxygens (including phenoxy) is 2. The number of carbonyl (C=O) groups is 1. The van der Waals surface area contributed by atoms with Gasteiger partial charge in [0.2, 0.25) is 0 Å². The largest absolute Gasteiger partial charge is 0.493 e. The fraction of sp³-hybridized carbons (Fsp3) is 0.133. The molecule has 0 aliphatic carbocycles. The number of carbonyl (C=O) groups excluding carboxylic acids is 1. The summed E-state index contributed by atoms with van der Waals surface area (Å²) in [6.07, 6.45) is 0. The summed E-state index contributed by atoms with van der Waals surface area (Å²) in [7, 11) is -0.915. The van der Waals surface area contributed by atoms with Crippen molar-refractivity contribution in [3.05, 3.63) is 120 Å². The van der Waals surface area contributed by atoms with Crippen molar-refractivity contribution in [1.29, 1.82) is 0 Å². The Hall–Kier alpha value is -4.63. The molecule has 0 spiro atoms. The molecule has 0 heterocycles. The molecule has 0 saturated carbocycles. The van der Waals surface area contributed by atoms with E-state index in [2.05, 4.69) is 10.5 Å². The molecule has 4 rings (SSSR count). The standard InChI is InChI=1S/C30H29N3O5S/c1-22(24-18-19-28(37-2)29(20-24)38-3)31-32-30(34)26-16-10-11-17-27(26)33(21-23-12-6-4-7-13-23)39(35,36)25-14-8-5-9-15-25/h4-20H,21H2,1-3H3,(H,32,34)/b31-22+. The molecule has 9 heteroatoms. The summed E-state index contributed by atoms with van der Waals surface area (Å²) in [6.45, 7) is 1.78. The number of methoxy groups -OCH3 is 2. The van der Waals surface area contributed by atoms with E-state index in [4.69, 9.17) is 9.47 Å². The molecule has 0 saturated heterocycles. The fourth-order valence-corrected chi connectivity index (χ4v) is 5.47. The summed E-state index contributed by atoms with van der Waals surface area (Å²) in [5.74, 6) is 0.556. The second-order valence-corrected chi connectivity index (χ2v) is 10.4. The zero-order valence-electron chi connectivity index (χ0n) is 21.9. The van der Waals surface area contributed by atoms with Gasteiger partial charge in [-0.3, -0.25) is 9.10 Å². The van der Waals surface area contributed by atoms with E-state index < -0.39 is 15.9 Å². The van der Waals surface area contributed by atoms with Crippen molar-refractivity contribution in [1.82, 2.24) is 5.43 Å². The van der Waals surface area contributed by atoms with Crippen LogP contribution < -0.4 is 19.2 Å². The molecule has 1 amide bonds. The van der Waals surface area contributed by atoms with Crippen molar-refractivity contribution in [2.45, 2.75) is 18.4 Å². The number of nitrogens with zero attached hydrogens (tertiary/aromatic N) is 2. The zero-order valence-corrected chi connectivity index (χ0v) is 22.7. The highest BCUT2D eigenvalue weighted by molar-refractivity contribution is 7.92. The smallest absolute Gasteiger partial charge is 0.273 e. The molecule has 4 aromatic carbocycles. The summed E-state index contributed by atoms with van der Waals surface area (Å²) >= 11 is 0. The Balaban J connectivity index is 1.69. The van der Waals surface area contributed by atoms with Gasteiger partial charge in [0.25, 0.3) is 15.9 Å². The fourth-order valence-electron chi connectivity index (χ4n) is 3.97. The second-order valence-electron chi connectivity index (χ2n) is 8.54. The molecule has 0 aliphatic rings. The monoisotopic (exact) mass is 543 g/mol. The first kappa shape index (κ1) is 27.4. The van der Waals surface area contributed by atoms with Gasteiger partial charge in [-0.05, 0) is 55.0 Å². The summed E-state index contributed by atoms with van der Waals surface area (Å²) in [5.41, 5.74) is 4.99. The van der Waals surface area contributed by atoms with Crippen LogP contribution in [0, 0.1) is 0 Å². The summed E-state index contributed by atoms with van der Waals surface area (Å²) in [5, 5.41) is 4.26. The number of amides is 1. The Labute approximate surface area is 228 Å². The van der Waals surface area contributed by atoms with E-state index in [1.807, 2.05) is 30.3 Å². The number of hydrogen-bond donors (Lipinski definition) is 1. The topological polar surface area (TPSA) is 97.3 Å². The highest BCUT2D eigenvalue weighted by Crippen LogP contribution is 2.30. The average Bonchev–Trinajstić information content (AvgIpc) is 2.99. The lowest BCUT2D eigenvalue weighted by atomic mass is 10.1. The quantitative estimate of drug-likeness (QED) is 0.218. The van der Waals surface area contributed by atoms with E-state index in [-0.39, 0.29) is 22.7 Å². The molecule has 0 bridgehead atoms. The van der Waals surface area contributed by atoms with E-state index in [1.165, 1.54) is 23.5 Å². The Kier molecular flexibility index (Phi) is 8.63. The SMILES string of the molecule is COc1ccc(/C(C)=N/NC(=O)c2ccccc2N(Cc2ccccc2)S(=O)(=O)c2ccccc2)cc1OC. The third kappa shape index (κ3) is 6.27. The van der Waals surface area contributed by atoms with Gasteiger partial charge in [0, 0.05) is 5.56 Å². The third-order valence-corrected chi connectivity index (χ3v) is 7.82. The molecule has 0 radical (unpaired) electrons. The van der Waals surface area contributed by atoms with E-state index in [1.54, 1.807) is 74.7 Å². The van der Waals surface area contributed by atoms with E-state index in [0.717, 1.165) is 11.1 Å². The minimum absolute atomic E-state index is 0.0380. The molecule has 0 aromatic heterocycles. The molecule has 0 fully saturated rings. The highest BCUT2D eigenvalue weighted by Gasteiger charge is 2.28. The van der Waals surface area contributed by atoms with Crippen molar-refractivity contribution in [2.75, 3.05) is 18.5 Å². The molecule has 200 valence electrons. The number of rotatable bonds is 10. The number of hydrogen-bond acceptors (Lipinski definition) is 6. The Morgan fingerprint density at radius 3 is 2.10 bits per heavy atom. The van der Waals surface area contributed by atoms with Gasteiger partial charge in [-0.25, -0.2) is 13.8 Å². The first-order valence-corrected chi connectivity index (χ1v) is 13.6. The van der Waals surface area contributed by atoms with Crippen LogP contribution in [-0.2, 0) is 16.6 Å². The van der Waals surface area contributed by atoms with Crippen molar-refractivity contribution < 1.29 is 22.7 Å². The molecule has 39 heavy (non-hydrogen) atoms. The number of benzene rings is 4. The highest BCUT2D eigenvalue weighted by atomic mass is 32.2. The van der Waals surface area contributed by atoms with Crippen LogP contribution in [0.15, 0.2) is 113 Å². The van der Waals surface area contributed by atoms with Crippen LogP contribution >= 0.6 is 0 Å². The van der Waals surface area contributed by atoms with Crippen LogP contribution in [0.1, 0.15) is 28.4 Å². The van der Waals surface area contributed by atoms with Crippen LogP contribution in [0.2, 0.25) is 0 Å². The second kappa shape index (κ2) is 12.3. The Bertz CT molecular complexity index is 1570. The van der Waals surface area contributed by atoms with Gasteiger partial charge in [-0.2, -0.15) is 5.10 Å². The number of nitrogens with one attached hydrogen (secondary N) is 1. The minimum Gasteiger partial charge on any atom is -0.493 e. The lowest BCUT2D eigenvalue weighted by molar-refractivity contribution is 0.0955. The van der Waals surface area contributed by atoms with Crippen molar-refractivity contribution in [3.8, 4) is 11.5 Å². The average molecular weight is 544 g/mol. The van der Waals surface area contributed by atoms with Gasteiger partial charge in [-0.1, -0.05) is 60.7 Å². The minimum atomic E-state index is -4.01. The van der Waals surface area contributed by atoms with E-state index in [9.17, 15) is 13.2 Å². The maximum Gasteiger partial charge on any atom is 0.273 e. The molecule has 0 unspecified atom stereocenters. The van der Waals surface area contributed by atoms with Crippen LogP contribution in [0.5, 0.6) is 11.5 Å². The van der Waals surface area contributed by atoms with Crippen LogP contribution in [0.25, 0.3) is 0 Å². The predicted molar refractivity (Wildman–Crippen MR) is 152 cm³/mol. The molecular formula is C30H29N3O5S. The molecule has 4 aromatic rings. The first-order chi connectivity index (χ1) is 18.8. The van der Waals surface area contributed by atoms with Gasteiger partial charge in [-0.15, -0.1) is 0 Å². The predicted octanol–water partition coefficient (Wildman–Crippen LogP) is 5.25. The van der Waals surface area contributed by atoms with Gasteiger partial charge in [0.15, 0.2) is 11.5 Å². The van der Waals surface area contributed by atoms with Gasteiger partial charge < -0.3 is 9.47 Å². The third-order valence-electron chi connectivity index (χ3n) is 6.04. The van der Waals surface area contributed by atoms with Crippen LogP contribution in [0.3, 0.4) is 0 Å². The molecule has 0 aliphatic heterocycles. The Morgan fingerprint density at radius 2 is 1.44 bits per heavy atom. The Morgan fingerprint density at radius 1 is 0.821 bits per heavy atom. The molecular weight excluding hydrogens is 514 g/mol. The van der Waals surface area contributed by atoms with Crippen molar-refractivity contribution in [3.63, 3.8) is 0 Å². The normalized spacial score (nSPS) is 11.5. The lowest BCUT2D eigenvalue weighted by Crippen LogP contribution is -2.33. The summed E-state index contributed by atoms with van der Waals surface area (Å²) < 4.78 is 39.5. The number of sulfonamides is 1. The lowest BCUT2D eigenvalue weighted by Gasteiger charge is -2.26. The van der Waals surface area contributed by atoms with Crippen LogP contribution in [-0.4, -0.2) is 34.3 Å². The maximum atomic E-state index is 13.8. The van der Waals surface area contributed by atoms with Crippen molar-refractivity contribution in [2.24, 2.45) is 5.10 Å². The number of para-hydroxylation sites is 1.